The Bertz CT molecular complexity index is 1160. The third-order valence-corrected chi connectivity index (χ3v) is 7.18. The van der Waals surface area contributed by atoms with Gasteiger partial charge in [0.05, 0.1) is 11.6 Å². The largest absolute Gasteiger partial charge is 0.508 e. The van der Waals surface area contributed by atoms with Crippen LogP contribution < -0.4 is 33.2 Å². The van der Waals surface area contributed by atoms with Crippen LogP contribution in [0.2, 0.25) is 0 Å². The van der Waals surface area contributed by atoms with Crippen LogP contribution in [0.4, 0.5) is 0 Å². The fourth-order valence-electron chi connectivity index (χ4n) is 4.71. The maximum atomic E-state index is 13.9. The average Bonchev–Trinajstić information content (AvgIpc) is 2.97. The molecule has 0 fully saturated rings. The first-order valence-electron chi connectivity index (χ1n) is 14.7. The van der Waals surface area contributed by atoms with Crippen LogP contribution >= 0.6 is 0 Å². The number of amides is 2. The van der Waals surface area contributed by atoms with E-state index in [0.717, 1.165) is 24.8 Å². The predicted octanol–water partition coefficient (Wildman–Crippen LogP) is 1.22. The summed E-state index contributed by atoms with van der Waals surface area (Å²) in [6.07, 6.45) is 7.24. The molecule has 12 N–H and O–H groups in total. The van der Waals surface area contributed by atoms with E-state index in [-0.39, 0.29) is 30.3 Å². The summed E-state index contributed by atoms with van der Waals surface area (Å²) in [5, 5.41) is 34.9. The van der Waals surface area contributed by atoms with E-state index in [1.165, 1.54) is 24.3 Å². The molecule has 0 aliphatic rings. The molecule has 2 aromatic carbocycles. The summed E-state index contributed by atoms with van der Waals surface area (Å²) in [6, 6.07) is 10.8. The maximum absolute atomic E-state index is 13.9. The topological polar surface area (TPSA) is 230 Å². The molecule has 0 bridgehead atoms. The van der Waals surface area contributed by atoms with Gasteiger partial charge in [-0.05, 0) is 80.5 Å². The number of rotatable bonds is 20. The van der Waals surface area contributed by atoms with Crippen LogP contribution in [0.3, 0.4) is 0 Å². The molecule has 43 heavy (non-hydrogen) atoms. The zero-order chi connectivity index (χ0) is 31.7. The number of benzene rings is 2. The summed E-state index contributed by atoms with van der Waals surface area (Å²) in [4.78, 5) is 38.8. The van der Waals surface area contributed by atoms with Gasteiger partial charge in [-0.15, -0.1) is 0 Å². The molecule has 0 aliphatic heterocycles. The fourth-order valence-corrected chi connectivity index (χ4v) is 4.71. The van der Waals surface area contributed by atoms with Crippen molar-refractivity contribution in [3.63, 3.8) is 0 Å². The molecule has 3 atom stereocenters. The number of hydrogen-bond donors (Lipinski definition) is 9. The van der Waals surface area contributed by atoms with E-state index < -0.39 is 29.4 Å². The minimum Gasteiger partial charge on any atom is -0.508 e. The zero-order valence-electron chi connectivity index (χ0n) is 24.6. The number of hydrogen-bond acceptors (Lipinski definition) is 8. The van der Waals surface area contributed by atoms with Crippen molar-refractivity contribution in [1.29, 1.82) is 5.41 Å². The molecule has 0 spiro atoms. The Morgan fingerprint density at radius 3 is 2.07 bits per heavy atom. The average molecular weight is 597 g/mol. The van der Waals surface area contributed by atoms with Gasteiger partial charge in [0.25, 0.3) is 0 Å². The van der Waals surface area contributed by atoms with Crippen molar-refractivity contribution >= 4 is 24.1 Å². The van der Waals surface area contributed by atoms with Gasteiger partial charge in [0, 0.05) is 13.0 Å². The van der Waals surface area contributed by atoms with Crippen molar-refractivity contribution in [2.45, 2.75) is 81.8 Å². The van der Waals surface area contributed by atoms with E-state index in [1.807, 2.05) is 6.29 Å². The lowest BCUT2D eigenvalue weighted by molar-refractivity contribution is -0.132. The highest BCUT2D eigenvalue weighted by atomic mass is 16.3. The Morgan fingerprint density at radius 2 is 1.49 bits per heavy atom. The van der Waals surface area contributed by atoms with Gasteiger partial charge in [-0.3, -0.25) is 19.8 Å². The highest BCUT2D eigenvalue weighted by Crippen LogP contribution is 2.22. The molecule has 235 valence electrons. The lowest BCUT2D eigenvalue weighted by Crippen LogP contribution is -2.60. The minimum absolute atomic E-state index is 0.0660. The van der Waals surface area contributed by atoms with Crippen molar-refractivity contribution in [2.24, 2.45) is 17.2 Å². The predicted molar refractivity (Wildman–Crippen MR) is 166 cm³/mol. The van der Waals surface area contributed by atoms with Crippen molar-refractivity contribution in [2.75, 3.05) is 13.1 Å². The van der Waals surface area contributed by atoms with Gasteiger partial charge in [0.2, 0.25) is 18.1 Å². The lowest BCUT2D eigenvalue weighted by atomic mass is 9.85. The van der Waals surface area contributed by atoms with E-state index in [4.69, 9.17) is 22.6 Å². The quantitative estimate of drug-likeness (QED) is 0.0607. The van der Waals surface area contributed by atoms with Crippen LogP contribution in [0.1, 0.15) is 62.5 Å². The molecular formula is C31H46N7O5. The highest BCUT2D eigenvalue weighted by Gasteiger charge is 2.36. The van der Waals surface area contributed by atoms with E-state index in [0.29, 0.717) is 50.8 Å². The van der Waals surface area contributed by atoms with Crippen molar-refractivity contribution in [3.8, 4) is 11.5 Å². The van der Waals surface area contributed by atoms with E-state index in [2.05, 4.69) is 16.0 Å². The summed E-state index contributed by atoms with van der Waals surface area (Å²) in [5.41, 5.74) is 17.7. The summed E-state index contributed by atoms with van der Waals surface area (Å²) in [6.45, 7) is 1.05. The molecule has 0 aromatic heterocycles. The molecule has 1 radical (unpaired) electrons. The second-order valence-corrected chi connectivity index (χ2v) is 10.9. The number of guanidine groups is 1. The Hall–Kier alpha value is -4.16. The molecule has 0 saturated carbocycles. The molecular weight excluding hydrogens is 550 g/mol. The monoisotopic (exact) mass is 596 g/mol. The van der Waals surface area contributed by atoms with Crippen LogP contribution in [0.15, 0.2) is 48.5 Å². The van der Waals surface area contributed by atoms with Crippen LogP contribution in [0.5, 0.6) is 11.5 Å². The van der Waals surface area contributed by atoms with Gasteiger partial charge < -0.3 is 43.4 Å². The Labute approximate surface area is 253 Å². The van der Waals surface area contributed by atoms with Crippen LogP contribution in [-0.4, -0.2) is 65.0 Å². The smallest absolute Gasteiger partial charge is 0.243 e. The Balaban J connectivity index is 2.22. The molecule has 12 heteroatoms. The molecule has 2 rings (SSSR count). The third-order valence-electron chi connectivity index (χ3n) is 7.18. The van der Waals surface area contributed by atoms with Gasteiger partial charge >= 0.3 is 0 Å². The molecule has 0 heterocycles. The molecule has 0 aliphatic carbocycles. The molecule has 2 aromatic rings. The minimum atomic E-state index is -1.38. The number of phenolic OH excluding ortho intramolecular Hbond substituents is 2. The Kier molecular flexibility index (Phi) is 15.0. The van der Waals surface area contributed by atoms with Crippen LogP contribution in [0, 0.1) is 5.41 Å². The van der Waals surface area contributed by atoms with Crippen LogP contribution in [0.25, 0.3) is 0 Å². The van der Waals surface area contributed by atoms with Crippen molar-refractivity contribution in [3.05, 3.63) is 59.7 Å². The number of carbonyl (C=O) groups excluding carboxylic acids is 3. The Morgan fingerprint density at radius 1 is 0.884 bits per heavy atom. The van der Waals surface area contributed by atoms with E-state index in [1.54, 1.807) is 24.3 Å². The van der Waals surface area contributed by atoms with Gasteiger partial charge in [0.1, 0.15) is 17.5 Å². The second kappa shape index (κ2) is 18.4. The second-order valence-electron chi connectivity index (χ2n) is 10.9. The first kappa shape index (κ1) is 35.0. The molecule has 2 amide bonds. The third kappa shape index (κ3) is 13.1. The lowest BCUT2D eigenvalue weighted by Gasteiger charge is -2.31. The normalized spacial score (nSPS) is 13.7. The standard InChI is InChI=1S/C31H46N7O5/c32-17-5-3-7-24(21-39)37-28(42)27(19-22-8-12-25(40)13-9-22)38-29(43)31(35,20-23-10-14-26(41)15-11-23)16-4-1-2-6-18-36-30(33)34/h8-15,24,27,40-41H,1-7,16-20,32,35H2,(H,37,42)(H,38,43)(H4,33,34,36)/t24-,27-,31-/m0/s1. The number of aromatic hydroxyl groups is 2. The number of nitrogens with one attached hydrogen (secondary N) is 4. The number of nitrogens with two attached hydrogens (primary N) is 3. The van der Waals surface area contributed by atoms with Gasteiger partial charge in [-0.25, -0.2) is 0 Å². The summed E-state index contributed by atoms with van der Waals surface area (Å²) in [5.74, 6) is -0.991. The summed E-state index contributed by atoms with van der Waals surface area (Å²) >= 11 is 0. The van der Waals surface area contributed by atoms with Gasteiger partial charge in [-0.2, -0.15) is 0 Å². The first-order valence-corrected chi connectivity index (χ1v) is 14.7. The van der Waals surface area contributed by atoms with E-state index in [9.17, 15) is 24.6 Å². The highest BCUT2D eigenvalue weighted by molar-refractivity contribution is 5.93. The van der Waals surface area contributed by atoms with Gasteiger partial charge in [0.15, 0.2) is 5.96 Å². The van der Waals surface area contributed by atoms with Crippen LogP contribution in [-0.2, 0) is 27.2 Å². The van der Waals surface area contributed by atoms with Crippen molar-refractivity contribution in [1.82, 2.24) is 16.0 Å². The summed E-state index contributed by atoms with van der Waals surface area (Å²) in [7, 11) is 0. The van der Waals surface area contributed by atoms with Crippen molar-refractivity contribution < 1.29 is 24.6 Å². The van der Waals surface area contributed by atoms with Gasteiger partial charge in [-0.1, -0.05) is 43.5 Å². The molecule has 0 unspecified atom stereocenters. The fraction of sp³-hybridized carbons (Fsp3) is 0.484. The van der Waals surface area contributed by atoms with E-state index >= 15 is 0 Å². The molecule has 12 nitrogen and oxygen atoms in total. The zero-order valence-corrected chi connectivity index (χ0v) is 24.6. The number of phenols is 2. The number of carbonyl (C=O) groups is 2. The SMILES string of the molecule is N=C(N)NCCCCCC[C@](N)(Cc1ccc(O)cc1)C(=O)N[C@@H](Cc1ccc(O)cc1)C(=O)N[C@H]([C]=O)CCCCN. The molecule has 0 saturated heterocycles. The first-order chi connectivity index (χ1) is 20.6. The maximum Gasteiger partial charge on any atom is 0.243 e. The summed E-state index contributed by atoms with van der Waals surface area (Å²) < 4.78 is 0. The number of unbranched alkanes of at least 4 members (excludes halogenated alkanes) is 4.